The molecule has 12 nitrogen and oxygen atoms in total. The summed E-state index contributed by atoms with van der Waals surface area (Å²) in [5.41, 5.74) is 3.23. The molecule has 2 aromatic heterocycles. The summed E-state index contributed by atoms with van der Waals surface area (Å²) >= 11 is 0. The smallest absolute Gasteiger partial charge is 0.336 e. The van der Waals surface area contributed by atoms with Crippen LogP contribution in [-0.4, -0.2) is 85.4 Å². The zero-order valence-corrected chi connectivity index (χ0v) is 27.1. The molecule has 254 valence electrons. The first-order valence-electron chi connectivity index (χ1n) is 15.8. The van der Waals surface area contributed by atoms with Gasteiger partial charge in [0.15, 0.2) is 5.60 Å². The first-order valence-corrected chi connectivity index (χ1v) is 15.8. The van der Waals surface area contributed by atoms with Crippen LogP contribution in [0.5, 0.6) is 0 Å². The van der Waals surface area contributed by atoms with Crippen molar-refractivity contribution in [1.29, 1.82) is 0 Å². The predicted octanol–water partition coefficient (Wildman–Crippen LogP) is 4.40. The third-order valence-corrected chi connectivity index (χ3v) is 9.10. The molecule has 0 unspecified atom stereocenters. The zero-order chi connectivity index (χ0) is 34.9. The molecule has 0 aliphatic heterocycles. The molecule has 1 aliphatic rings. The van der Waals surface area contributed by atoms with Gasteiger partial charge in [-0.05, 0) is 81.4 Å². The Kier molecular flexibility index (Phi) is 11.7. The second-order valence-corrected chi connectivity index (χ2v) is 12.4. The van der Waals surface area contributed by atoms with Gasteiger partial charge in [0.25, 0.3) is 5.91 Å². The van der Waals surface area contributed by atoms with Crippen LogP contribution >= 0.6 is 0 Å². The normalized spacial score (nSPS) is 17.7. The van der Waals surface area contributed by atoms with E-state index in [9.17, 15) is 19.2 Å². The van der Waals surface area contributed by atoms with E-state index in [0.29, 0.717) is 18.0 Å². The van der Waals surface area contributed by atoms with E-state index >= 15 is 0 Å². The maximum absolute atomic E-state index is 12.5. The molecule has 0 radical (unpaired) electrons. The minimum absolute atomic E-state index is 0.0733. The Hall–Kier alpha value is -5.07. The Morgan fingerprint density at radius 2 is 1.54 bits per heavy atom. The molecule has 0 saturated heterocycles. The van der Waals surface area contributed by atoms with Crippen LogP contribution in [-0.2, 0) is 26.3 Å². The van der Waals surface area contributed by atoms with Crippen molar-refractivity contribution in [2.24, 2.45) is 0 Å². The number of hydrogen-bond donors (Lipinski definition) is 6. The number of nitrogens with one attached hydrogen (secondary N) is 2. The highest BCUT2D eigenvalue weighted by Crippen LogP contribution is 2.47. The number of nitrogens with zero attached hydrogens (tertiary/aromatic N) is 2. The highest BCUT2D eigenvalue weighted by atomic mass is 16.4. The number of hydrogen-bond acceptors (Lipinski definition) is 7. The molecular formula is C36H42N4O8. The van der Waals surface area contributed by atoms with Crippen molar-refractivity contribution in [2.45, 2.75) is 62.0 Å². The summed E-state index contributed by atoms with van der Waals surface area (Å²) in [5.74, 6) is -4.60. The maximum atomic E-state index is 12.5. The minimum Gasteiger partial charge on any atom is -0.481 e. The maximum Gasteiger partial charge on any atom is 0.336 e. The lowest BCUT2D eigenvalue weighted by atomic mass is 9.70. The highest BCUT2D eigenvalue weighted by Gasteiger charge is 2.41. The van der Waals surface area contributed by atoms with E-state index in [4.69, 9.17) is 20.4 Å². The molecule has 1 amide bonds. The Morgan fingerprint density at radius 1 is 0.917 bits per heavy atom. The van der Waals surface area contributed by atoms with Crippen LogP contribution < -0.4 is 5.32 Å². The van der Waals surface area contributed by atoms with Crippen molar-refractivity contribution in [2.75, 3.05) is 20.6 Å². The molecule has 1 aliphatic carbocycles. The van der Waals surface area contributed by atoms with Gasteiger partial charge in [-0.3, -0.25) is 24.3 Å². The van der Waals surface area contributed by atoms with Crippen LogP contribution in [0.4, 0.5) is 0 Å². The average molecular weight is 659 g/mol. The summed E-state index contributed by atoms with van der Waals surface area (Å²) in [4.78, 5) is 53.3. The third kappa shape index (κ3) is 8.44. The predicted molar refractivity (Wildman–Crippen MR) is 179 cm³/mol. The lowest BCUT2D eigenvalue weighted by Gasteiger charge is -2.45. The Bertz CT molecular complexity index is 1700. The molecule has 48 heavy (non-hydrogen) atoms. The van der Waals surface area contributed by atoms with Gasteiger partial charge in [-0.1, -0.05) is 48.5 Å². The fraction of sp³-hybridized carbons (Fsp3) is 0.361. The number of fused-ring (bicyclic) bond motifs is 1. The van der Waals surface area contributed by atoms with Gasteiger partial charge in [0, 0.05) is 41.1 Å². The van der Waals surface area contributed by atoms with Gasteiger partial charge in [0.05, 0.1) is 18.4 Å². The first-order chi connectivity index (χ1) is 22.9. The molecule has 4 aromatic rings. The highest BCUT2D eigenvalue weighted by molar-refractivity contribution is 5.94. The molecule has 1 fully saturated rings. The number of aliphatic carboxylic acids is 3. The Labute approximate surface area is 278 Å². The average Bonchev–Trinajstić information content (AvgIpc) is 3.43. The number of carboxylic acids is 3. The van der Waals surface area contributed by atoms with Crippen molar-refractivity contribution >= 4 is 34.7 Å². The van der Waals surface area contributed by atoms with Crippen molar-refractivity contribution in [1.82, 2.24) is 20.2 Å². The molecule has 0 atom stereocenters. The van der Waals surface area contributed by atoms with E-state index in [1.807, 2.05) is 0 Å². The van der Waals surface area contributed by atoms with Gasteiger partial charge in [0.2, 0.25) is 0 Å². The van der Waals surface area contributed by atoms with E-state index in [0.717, 1.165) is 32.1 Å². The number of pyridine rings is 1. The van der Waals surface area contributed by atoms with Gasteiger partial charge in [0.1, 0.15) is 0 Å². The summed E-state index contributed by atoms with van der Waals surface area (Å²) in [6.45, 7) is 0.598. The van der Waals surface area contributed by atoms with Crippen molar-refractivity contribution in [3.63, 3.8) is 0 Å². The number of para-hydroxylation sites is 1. The molecule has 5 rings (SSSR count). The minimum atomic E-state index is -2.74. The van der Waals surface area contributed by atoms with E-state index < -0.39 is 36.4 Å². The number of rotatable bonds is 12. The monoisotopic (exact) mass is 658 g/mol. The van der Waals surface area contributed by atoms with Gasteiger partial charge in [-0.15, -0.1) is 0 Å². The van der Waals surface area contributed by atoms with Crippen LogP contribution in [0.25, 0.3) is 10.9 Å². The van der Waals surface area contributed by atoms with E-state index in [-0.39, 0.29) is 11.4 Å². The lowest BCUT2D eigenvalue weighted by molar-refractivity contribution is -0.170. The summed E-state index contributed by atoms with van der Waals surface area (Å²) in [7, 11) is 4.43. The number of carboxylic acid groups (broad SMARTS) is 3. The lowest BCUT2D eigenvalue weighted by Crippen LogP contribution is -2.44. The summed E-state index contributed by atoms with van der Waals surface area (Å²) < 4.78 is 0. The van der Waals surface area contributed by atoms with Gasteiger partial charge < -0.3 is 30.7 Å². The summed E-state index contributed by atoms with van der Waals surface area (Å²) in [6, 6.07) is 23.1. The number of aromatic nitrogens is 2. The quantitative estimate of drug-likeness (QED) is 0.127. The summed E-state index contributed by atoms with van der Waals surface area (Å²) in [5, 5.41) is 38.2. The van der Waals surface area contributed by atoms with Crippen molar-refractivity contribution < 1.29 is 39.6 Å². The molecule has 2 aromatic carbocycles. The molecular weight excluding hydrogens is 616 g/mol. The molecule has 1 saturated carbocycles. The van der Waals surface area contributed by atoms with Crippen LogP contribution in [0.1, 0.15) is 71.6 Å². The first kappa shape index (κ1) is 35.8. The van der Waals surface area contributed by atoms with Crippen molar-refractivity contribution in [3.05, 3.63) is 102 Å². The molecule has 0 bridgehead atoms. The fourth-order valence-corrected chi connectivity index (χ4v) is 6.58. The number of carbonyl (C=O) groups excluding carboxylic acids is 1. The van der Waals surface area contributed by atoms with Crippen LogP contribution in [0.2, 0.25) is 0 Å². The van der Waals surface area contributed by atoms with Gasteiger partial charge in [-0.25, -0.2) is 4.79 Å². The van der Waals surface area contributed by atoms with E-state index in [1.165, 1.54) is 27.7 Å². The number of aliphatic hydroxyl groups is 1. The fourth-order valence-electron chi connectivity index (χ4n) is 6.58. The number of amides is 1. The molecule has 0 spiro atoms. The Morgan fingerprint density at radius 3 is 2.10 bits per heavy atom. The zero-order valence-electron chi connectivity index (χ0n) is 27.1. The molecule has 6 N–H and O–H groups in total. The van der Waals surface area contributed by atoms with E-state index in [2.05, 4.69) is 88.9 Å². The van der Waals surface area contributed by atoms with E-state index in [1.54, 1.807) is 24.5 Å². The van der Waals surface area contributed by atoms with Gasteiger partial charge >= 0.3 is 17.9 Å². The second-order valence-electron chi connectivity index (χ2n) is 12.4. The standard InChI is InChI=1S/C30H34N4O.C6H8O7/c1-34(2)30(24-10-4-3-5-11-24)17-14-22(15-18-30)28-26(25-12-6-7-13-27(25)33-28)16-20-32-29(35)23-9-8-19-31-21-23;7-3(8)1-6(13,5(11)12)2-4(9)10/h3-13,19,21-22,33H,14-18,20H2,1-2H3,(H,32,35);13H,1-2H2,(H,7,8)(H,9,10)(H,11,12). The largest absolute Gasteiger partial charge is 0.481 e. The number of benzene rings is 2. The van der Waals surface area contributed by atoms with Crippen LogP contribution in [0.15, 0.2) is 79.1 Å². The topological polar surface area (TPSA) is 193 Å². The van der Waals surface area contributed by atoms with Crippen LogP contribution in [0, 0.1) is 0 Å². The second kappa shape index (κ2) is 15.7. The molecule has 12 heteroatoms. The summed E-state index contributed by atoms with van der Waals surface area (Å²) in [6.07, 6.45) is 6.33. The molecule has 2 heterocycles. The van der Waals surface area contributed by atoms with Crippen molar-refractivity contribution in [3.8, 4) is 0 Å². The third-order valence-electron chi connectivity index (χ3n) is 9.10. The number of carbonyl (C=O) groups is 4. The number of H-pyrrole nitrogens is 1. The SMILES string of the molecule is CN(C)C1(c2ccccc2)CCC(c2[nH]c3ccccc3c2CCNC(=O)c2cccnc2)CC1.O=C(O)CC(O)(CC(=O)O)C(=O)O. The number of aromatic amines is 1. The van der Waals surface area contributed by atoms with Gasteiger partial charge in [-0.2, -0.15) is 0 Å². The van der Waals surface area contributed by atoms with Crippen LogP contribution in [0.3, 0.4) is 0 Å². The Balaban J connectivity index is 0.000000341.